The van der Waals surface area contributed by atoms with Crippen molar-refractivity contribution in [3.05, 3.63) is 41.6 Å². The number of pyridine rings is 1. The van der Waals surface area contributed by atoms with Crippen LogP contribution in [0, 0.1) is 29.2 Å². The first-order valence-electron chi connectivity index (χ1n) is 11.9. The number of hydrogen-bond acceptors (Lipinski definition) is 11. The van der Waals surface area contributed by atoms with Gasteiger partial charge in [-0.2, -0.15) is 14.4 Å². The SMILES string of the molecule is COc1nc(N2CCOCC(C)C2)c2cnc(-c3cc(N)cc4c(F)c(F)c(F)c(OC(O)(O)O)c34)c(F)c2n1. The van der Waals surface area contributed by atoms with Gasteiger partial charge in [0.25, 0.3) is 0 Å². The molecule has 0 radical (unpaired) electrons. The van der Waals surface area contributed by atoms with Gasteiger partial charge in [-0.1, -0.05) is 6.92 Å². The number of halogens is 4. The highest BCUT2D eigenvalue weighted by Gasteiger charge is 2.32. The molecule has 3 heterocycles. The molecule has 4 aromatic rings. The first-order valence-corrected chi connectivity index (χ1v) is 11.9. The third-order valence-corrected chi connectivity index (χ3v) is 6.27. The summed E-state index contributed by atoms with van der Waals surface area (Å²) in [6, 6.07) is 1.77. The Morgan fingerprint density at radius 3 is 2.50 bits per heavy atom. The number of nitrogens with zero attached hydrogens (tertiary/aromatic N) is 4. The molecule has 212 valence electrons. The second-order valence-electron chi connectivity index (χ2n) is 9.28. The number of nitrogen functional groups attached to an aromatic ring is 1. The number of ether oxygens (including phenoxy) is 3. The molecule has 1 saturated heterocycles. The van der Waals surface area contributed by atoms with Crippen LogP contribution in [0.2, 0.25) is 0 Å². The summed E-state index contributed by atoms with van der Waals surface area (Å²) in [5.74, 6) is -7.81. The monoisotopic (exact) mass is 565 g/mol. The van der Waals surface area contributed by atoms with Crippen LogP contribution in [-0.4, -0.2) is 69.8 Å². The molecule has 15 heteroatoms. The Bertz CT molecular complexity index is 1630. The van der Waals surface area contributed by atoms with E-state index in [0.717, 1.165) is 12.1 Å². The highest BCUT2D eigenvalue weighted by molar-refractivity contribution is 6.04. The van der Waals surface area contributed by atoms with E-state index >= 15 is 4.39 Å². The van der Waals surface area contributed by atoms with Gasteiger partial charge in [-0.15, -0.1) is 0 Å². The molecule has 1 unspecified atom stereocenters. The number of hydrogen-bond donors (Lipinski definition) is 4. The molecule has 2 aromatic carbocycles. The van der Waals surface area contributed by atoms with Crippen LogP contribution in [0.15, 0.2) is 18.3 Å². The fourth-order valence-corrected chi connectivity index (χ4v) is 4.64. The van der Waals surface area contributed by atoms with Gasteiger partial charge in [0.05, 0.1) is 25.7 Å². The molecule has 5 N–H and O–H groups in total. The van der Waals surface area contributed by atoms with E-state index in [1.807, 2.05) is 11.8 Å². The van der Waals surface area contributed by atoms with Gasteiger partial charge in [-0.25, -0.2) is 13.2 Å². The standard InChI is InChI=1S/C25H23F4N5O6/c1-10-8-34(3-4-39-9-10)23-14-7-31-20(19(29)21(14)32-24(33-23)38-2)13-6-11(30)5-12-15(13)22(40-25(35,36)37)18(28)17(27)16(12)26/h5-7,10,35-37H,3-4,8-9,30H2,1-2H3. The highest BCUT2D eigenvalue weighted by Crippen LogP contribution is 2.43. The molecule has 0 bridgehead atoms. The van der Waals surface area contributed by atoms with E-state index in [0.29, 0.717) is 32.1 Å². The lowest BCUT2D eigenvalue weighted by molar-refractivity contribution is -0.419. The molecule has 1 atom stereocenters. The maximum atomic E-state index is 16.2. The fraction of sp³-hybridized carbons (Fsp3) is 0.320. The molecule has 0 amide bonds. The fourth-order valence-electron chi connectivity index (χ4n) is 4.64. The van der Waals surface area contributed by atoms with Crippen molar-refractivity contribution >= 4 is 33.2 Å². The molecule has 0 saturated carbocycles. The number of methoxy groups -OCH3 is 1. The van der Waals surface area contributed by atoms with Crippen molar-refractivity contribution in [3.8, 4) is 23.0 Å². The predicted molar refractivity (Wildman–Crippen MR) is 133 cm³/mol. The van der Waals surface area contributed by atoms with E-state index < -0.39 is 57.2 Å². The van der Waals surface area contributed by atoms with E-state index in [1.165, 1.54) is 13.3 Å². The lowest BCUT2D eigenvalue weighted by atomic mass is 9.98. The Morgan fingerprint density at radius 2 is 1.80 bits per heavy atom. The Labute approximate surface area is 223 Å². The van der Waals surface area contributed by atoms with Gasteiger partial charge < -0.3 is 40.2 Å². The molecule has 5 rings (SSSR count). The lowest BCUT2D eigenvalue weighted by Gasteiger charge is -2.24. The number of aromatic nitrogens is 3. The Kier molecular flexibility index (Phi) is 6.99. The molecule has 1 fully saturated rings. The highest BCUT2D eigenvalue weighted by atomic mass is 19.2. The topological polar surface area (TPSA) is 156 Å². The molecule has 40 heavy (non-hydrogen) atoms. The van der Waals surface area contributed by atoms with Crippen molar-refractivity contribution < 1.29 is 47.1 Å². The average Bonchev–Trinajstić information content (AvgIpc) is 3.13. The van der Waals surface area contributed by atoms with E-state index in [2.05, 4.69) is 19.7 Å². The summed E-state index contributed by atoms with van der Waals surface area (Å²) in [5.41, 5.74) is 4.41. The largest absolute Gasteiger partial charge is 0.467 e. The zero-order valence-corrected chi connectivity index (χ0v) is 21.1. The number of fused-ring (bicyclic) bond motifs is 2. The van der Waals surface area contributed by atoms with Crippen molar-refractivity contribution in [2.24, 2.45) is 5.92 Å². The van der Waals surface area contributed by atoms with Crippen LogP contribution in [0.3, 0.4) is 0 Å². The van der Waals surface area contributed by atoms with E-state index in [1.54, 1.807) is 0 Å². The summed E-state index contributed by atoms with van der Waals surface area (Å²) in [7, 11) is 1.29. The first-order chi connectivity index (χ1) is 18.9. The minimum absolute atomic E-state index is 0.120. The van der Waals surface area contributed by atoms with Crippen LogP contribution in [-0.2, 0) is 4.74 Å². The van der Waals surface area contributed by atoms with Crippen LogP contribution < -0.4 is 20.1 Å². The summed E-state index contributed by atoms with van der Waals surface area (Å²) in [4.78, 5) is 14.5. The van der Waals surface area contributed by atoms with Gasteiger partial charge in [0.1, 0.15) is 17.0 Å². The van der Waals surface area contributed by atoms with Crippen molar-refractivity contribution in [1.29, 1.82) is 0 Å². The molecule has 0 spiro atoms. The minimum Gasteiger partial charge on any atom is -0.467 e. The number of benzene rings is 2. The van der Waals surface area contributed by atoms with Crippen LogP contribution in [0.1, 0.15) is 6.92 Å². The van der Waals surface area contributed by atoms with Crippen LogP contribution in [0.5, 0.6) is 11.8 Å². The number of nitrogens with two attached hydrogens (primary N) is 1. The van der Waals surface area contributed by atoms with Gasteiger partial charge in [-0.05, 0) is 18.1 Å². The van der Waals surface area contributed by atoms with Crippen molar-refractivity contribution in [1.82, 2.24) is 15.0 Å². The summed E-state index contributed by atoms with van der Waals surface area (Å²) < 4.78 is 75.4. The van der Waals surface area contributed by atoms with Crippen molar-refractivity contribution in [2.45, 2.75) is 13.1 Å². The summed E-state index contributed by atoms with van der Waals surface area (Å²) in [5, 5.41) is 26.7. The van der Waals surface area contributed by atoms with Crippen LogP contribution in [0.25, 0.3) is 32.9 Å². The number of aliphatic hydroxyl groups is 3. The van der Waals surface area contributed by atoms with Gasteiger partial charge in [0.2, 0.25) is 5.82 Å². The molecular formula is C25H23F4N5O6. The van der Waals surface area contributed by atoms with Crippen LogP contribution in [0.4, 0.5) is 29.1 Å². The number of rotatable bonds is 5. The first kappa shape index (κ1) is 27.5. The third kappa shape index (κ3) is 4.88. The molecule has 1 aliphatic rings. The Balaban J connectivity index is 1.81. The van der Waals surface area contributed by atoms with E-state index in [-0.39, 0.29) is 28.5 Å². The zero-order valence-electron chi connectivity index (χ0n) is 21.1. The molecule has 1 aliphatic heterocycles. The minimum atomic E-state index is -4.00. The predicted octanol–water partition coefficient (Wildman–Crippen LogP) is 2.43. The Hall–Kier alpha value is -4.05. The summed E-state index contributed by atoms with van der Waals surface area (Å²) in [6.07, 6.45) is -2.77. The van der Waals surface area contributed by atoms with Gasteiger partial charge in [-0.3, -0.25) is 4.98 Å². The second-order valence-corrected chi connectivity index (χ2v) is 9.28. The maximum Gasteiger partial charge on any atom is 0.453 e. The molecule has 2 aromatic heterocycles. The third-order valence-electron chi connectivity index (χ3n) is 6.27. The van der Waals surface area contributed by atoms with Crippen molar-refractivity contribution in [3.63, 3.8) is 0 Å². The quantitative estimate of drug-likeness (QED) is 0.122. The van der Waals surface area contributed by atoms with Gasteiger partial charge in [0, 0.05) is 41.3 Å². The second kappa shape index (κ2) is 10.2. The van der Waals surface area contributed by atoms with Crippen LogP contribution >= 0.6 is 0 Å². The lowest BCUT2D eigenvalue weighted by Crippen LogP contribution is -2.35. The number of anilines is 2. The maximum absolute atomic E-state index is 16.2. The van der Waals surface area contributed by atoms with Gasteiger partial charge >= 0.3 is 12.2 Å². The average molecular weight is 565 g/mol. The zero-order chi connectivity index (χ0) is 28.9. The summed E-state index contributed by atoms with van der Waals surface area (Å²) >= 11 is 0. The smallest absolute Gasteiger partial charge is 0.453 e. The van der Waals surface area contributed by atoms with Gasteiger partial charge in [0.15, 0.2) is 23.2 Å². The molecule has 11 nitrogen and oxygen atoms in total. The Morgan fingerprint density at radius 1 is 1.05 bits per heavy atom. The molecule has 0 aliphatic carbocycles. The van der Waals surface area contributed by atoms with E-state index in [4.69, 9.17) is 15.2 Å². The van der Waals surface area contributed by atoms with E-state index in [9.17, 15) is 28.5 Å². The normalized spacial score (nSPS) is 16.4. The molecular weight excluding hydrogens is 542 g/mol. The summed E-state index contributed by atoms with van der Waals surface area (Å²) in [6.45, 7) is 3.83. The van der Waals surface area contributed by atoms with Crippen molar-refractivity contribution in [2.75, 3.05) is 44.0 Å².